The molecule has 0 bridgehead atoms. The highest BCUT2D eigenvalue weighted by molar-refractivity contribution is 7.10. The minimum atomic E-state index is -0.762. The molecule has 1 aromatic rings. The van der Waals surface area contributed by atoms with Gasteiger partial charge in [0, 0.05) is 30.5 Å². The molecule has 0 radical (unpaired) electrons. The van der Waals surface area contributed by atoms with Crippen molar-refractivity contribution >= 4 is 29.1 Å². The average molecular weight is 278 g/mol. The van der Waals surface area contributed by atoms with Crippen LogP contribution in [0, 0.1) is 0 Å². The van der Waals surface area contributed by atoms with Crippen LogP contribution in [0.3, 0.4) is 0 Å². The van der Waals surface area contributed by atoms with Gasteiger partial charge in [0.25, 0.3) is 0 Å². The highest BCUT2D eigenvalue weighted by Gasteiger charge is 2.14. The summed E-state index contributed by atoms with van der Waals surface area (Å²) < 4.78 is 4.39. The van der Waals surface area contributed by atoms with Crippen LogP contribution >= 0.6 is 23.1 Å². The van der Waals surface area contributed by atoms with Crippen LogP contribution in [0.5, 0.6) is 0 Å². The third-order valence-electron chi connectivity index (χ3n) is 2.43. The number of halogens is 1. The lowest BCUT2D eigenvalue weighted by molar-refractivity contribution is -0.137. The van der Waals surface area contributed by atoms with Crippen LogP contribution in [0.2, 0.25) is 4.34 Å². The summed E-state index contributed by atoms with van der Waals surface area (Å²) in [4.78, 5) is 12.6. The Morgan fingerprint density at radius 2 is 2.29 bits per heavy atom. The second-order valence-corrected chi connectivity index (χ2v) is 5.41. The molecule has 0 saturated carbocycles. The van der Waals surface area contributed by atoms with Gasteiger partial charge in [0.05, 0.1) is 0 Å². The molecule has 0 atom stereocenters. The minimum Gasteiger partial charge on any atom is -0.481 e. The fourth-order valence-electron chi connectivity index (χ4n) is 1.44. The Labute approximate surface area is 110 Å². The Morgan fingerprint density at radius 1 is 1.59 bits per heavy atom. The van der Waals surface area contributed by atoms with Gasteiger partial charge in [-0.25, -0.2) is 0 Å². The molecule has 0 aliphatic heterocycles. The smallest absolute Gasteiger partial charge is 0.303 e. The predicted molar refractivity (Wildman–Crippen MR) is 67.3 cm³/mol. The highest BCUT2D eigenvalue weighted by Crippen LogP contribution is 2.19. The van der Waals surface area contributed by atoms with E-state index in [0.29, 0.717) is 23.3 Å². The van der Waals surface area contributed by atoms with E-state index in [-0.39, 0.29) is 6.42 Å². The van der Waals surface area contributed by atoms with E-state index in [2.05, 4.69) is 28.3 Å². The van der Waals surface area contributed by atoms with Gasteiger partial charge >= 0.3 is 5.97 Å². The minimum absolute atomic E-state index is 0.187. The molecule has 96 valence electrons. The number of carbonyl (C=O) groups is 1. The maximum absolute atomic E-state index is 10.5. The molecule has 7 heteroatoms. The summed E-state index contributed by atoms with van der Waals surface area (Å²) in [5, 5.41) is 12.6. The van der Waals surface area contributed by atoms with Crippen LogP contribution in [0.1, 0.15) is 32.4 Å². The molecular weight excluding hydrogens is 262 g/mol. The molecule has 0 amide bonds. The summed E-state index contributed by atoms with van der Waals surface area (Å²) in [7, 11) is 0. The zero-order valence-corrected chi connectivity index (χ0v) is 11.5. The van der Waals surface area contributed by atoms with E-state index >= 15 is 0 Å². The zero-order valence-electron chi connectivity index (χ0n) is 9.89. The average Bonchev–Trinajstić information content (AvgIpc) is 2.62. The maximum Gasteiger partial charge on any atom is 0.303 e. The van der Waals surface area contributed by atoms with Crippen molar-refractivity contribution in [3.05, 3.63) is 10.0 Å². The lowest BCUT2D eigenvalue weighted by atomic mass is 10.2. The first-order valence-corrected chi connectivity index (χ1v) is 6.58. The number of hydrogen-bond acceptors (Lipinski definition) is 5. The summed E-state index contributed by atoms with van der Waals surface area (Å²) in [6.45, 7) is 5.47. The Bertz CT molecular complexity index is 370. The Morgan fingerprint density at radius 3 is 2.76 bits per heavy atom. The molecule has 5 nitrogen and oxygen atoms in total. The lowest BCUT2D eigenvalue weighted by Gasteiger charge is -2.25. The van der Waals surface area contributed by atoms with Crippen LogP contribution in [0.15, 0.2) is 0 Å². The third-order valence-corrected chi connectivity index (χ3v) is 3.41. The molecule has 1 aromatic heterocycles. The number of aromatic nitrogens is 2. The van der Waals surface area contributed by atoms with Crippen molar-refractivity contribution in [3.8, 4) is 0 Å². The van der Waals surface area contributed by atoms with Gasteiger partial charge in [-0.05, 0) is 26.8 Å². The van der Waals surface area contributed by atoms with Gasteiger partial charge in [-0.2, -0.15) is 0 Å². The molecule has 0 fully saturated rings. The molecule has 0 unspecified atom stereocenters. The molecular formula is C10H16ClN3O2S. The van der Waals surface area contributed by atoms with Crippen LogP contribution in [-0.2, 0) is 11.3 Å². The topological polar surface area (TPSA) is 66.3 Å². The number of rotatable bonds is 7. The number of hydrogen-bond donors (Lipinski definition) is 1. The second kappa shape index (κ2) is 6.88. The number of carboxylic acid groups (broad SMARTS) is 1. The van der Waals surface area contributed by atoms with E-state index in [9.17, 15) is 4.79 Å². The zero-order chi connectivity index (χ0) is 12.8. The molecule has 0 aliphatic carbocycles. The molecule has 1 heterocycles. The molecule has 1 N–H and O–H groups in total. The van der Waals surface area contributed by atoms with E-state index in [1.807, 2.05) is 0 Å². The Kier molecular flexibility index (Phi) is 5.80. The predicted octanol–water partition coefficient (Wildman–Crippen LogP) is 2.27. The standard InChI is InChI=1S/C10H16ClN3O2S/c1-7(2)14(5-3-4-9(15)16)6-8-10(11)17-13-12-8/h7H,3-6H2,1-2H3,(H,15,16). The van der Waals surface area contributed by atoms with Gasteiger partial charge in [0.1, 0.15) is 10.0 Å². The molecule has 1 rings (SSSR count). The summed E-state index contributed by atoms with van der Waals surface area (Å²) >= 11 is 7.12. The quantitative estimate of drug-likeness (QED) is 0.828. The number of carboxylic acids is 1. The third kappa shape index (κ3) is 4.97. The first-order chi connectivity index (χ1) is 8.00. The molecule has 17 heavy (non-hydrogen) atoms. The monoisotopic (exact) mass is 277 g/mol. The van der Waals surface area contributed by atoms with Gasteiger partial charge in [-0.15, -0.1) is 5.10 Å². The van der Waals surface area contributed by atoms with Gasteiger partial charge in [-0.1, -0.05) is 16.1 Å². The van der Waals surface area contributed by atoms with Gasteiger partial charge in [0.2, 0.25) is 0 Å². The summed E-state index contributed by atoms with van der Waals surface area (Å²) in [6, 6.07) is 0.321. The van der Waals surface area contributed by atoms with Crippen molar-refractivity contribution in [2.24, 2.45) is 0 Å². The molecule has 0 saturated heterocycles. The summed E-state index contributed by atoms with van der Waals surface area (Å²) in [6.07, 6.45) is 0.814. The van der Waals surface area contributed by atoms with Crippen LogP contribution in [0.4, 0.5) is 0 Å². The van der Waals surface area contributed by atoms with Crippen LogP contribution < -0.4 is 0 Å². The fourth-order valence-corrected chi connectivity index (χ4v) is 2.05. The van der Waals surface area contributed by atoms with E-state index < -0.39 is 5.97 Å². The van der Waals surface area contributed by atoms with E-state index in [1.165, 1.54) is 11.5 Å². The number of nitrogens with zero attached hydrogens (tertiary/aromatic N) is 3. The number of aliphatic carboxylic acids is 1. The SMILES string of the molecule is CC(C)N(CCCC(=O)O)Cc1nnsc1Cl. The van der Waals surface area contributed by atoms with Gasteiger partial charge < -0.3 is 5.11 Å². The maximum atomic E-state index is 10.5. The molecule has 0 aliphatic rings. The lowest BCUT2D eigenvalue weighted by Crippen LogP contribution is -2.31. The first-order valence-electron chi connectivity index (χ1n) is 5.43. The normalized spacial score (nSPS) is 11.4. The fraction of sp³-hybridized carbons (Fsp3) is 0.700. The van der Waals surface area contributed by atoms with Gasteiger partial charge in [0.15, 0.2) is 0 Å². The van der Waals surface area contributed by atoms with Gasteiger partial charge in [-0.3, -0.25) is 9.69 Å². The largest absolute Gasteiger partial charge is 0.481 e. The van der Waals surface area contributed by atoms with Crippen molar-refractivity contribution in [3.63, 3.8) is 0 Å². The molecule has 0 spiro atoms. The van der Waals surface area contributed by atoms with Crippen LogP contribution in [-0.4, -0.2) is 38.1 Å². The highest BCUT2D eigenvalue weighted by atomic mass is 35.5. The Hall–Kier alpha value is -0.720. The van der Waals surface area contributed by atoms with Crippen LogP contribution in [0.25, 0.3) is 0 Å². The van der Waals surface area contributed by atoms with E-state index in [4.69, 9.17) is 16.7 Å². The van der Waals surface area contributed by atoms with Crippen molar-refractivity contribution in [2.45, 2.75) is 39.3 Å². The first kappa shape index (κ1) is 14.3. The summed E-state index contributed by atoms with van der Waals surface area (Å²) in [5.74, 6) is -0.762. The van der Waals surface area contributed by atoms with Crippen molar-refractivity contribution in [1.82, 2.24) is 14.5 Å². The van der Waals surface area contributed by atoms with E-state index in [0.717, 1.165) is 12.2 Å². The summed E-state index contributed by atoms with van der Waals surface area (Å²) in [5.41, 5.74) is 0.765. The Balaban J connectivity index is 2.49. The molecule has 0 aromatic carbocycles. The van der Waals surface area contributed by atoms with E-state index in [1.54, 1.807) is 0 Å². The van der Waals surface area contributed by atoms with Crippen molar-refractivity contribution in [2.75, 3.05) is 6.54 Å². The second-order valence-electron chi connectivity index (χ2n) is 4.05. The van der Waals surface area contributed by atoms with Crippen molar-refractivity contribution < 1.29 is 9.90 Å². The van der Waals surface area contributed by atoms with Crippen molar-refractivity contribution in [1.29, 1.82) is 0 Å².